The lowest BCUT2D eigenvalue weighted by Gasteiger charge is -2.06. The first-order chi connectivity index (χ1) is 8.26. The van der Waals surface area contributed by atoms with Gasteiger partial charge in [0.15, 0.2) is 0 Å². The Kier molecular flexibility index (Phi) is 5.55. The summed E-state index contributed by atoms with van der Waals surface area (Å²) < 4.78 is 0. The number of nitrogens with one attached hydrogen (secondary N) is 2. The van der Waals surface area contributed by atoms with Crippen LogP contribution in [0.25, 0.3) is 0 Å². The molecule has 0 aromatic heterocycles. The number of nitrogens with zero attached hydrogens (tertiary/aromatic N) is 1. The zero-order valence-electron chi connectivity index (χ0n) is 9.44. The Balaban J connectivity index is 2.32. The van der Waals surface area contributed by atoms with E-state index in [4.69, 9.17) is 10.4 Å². The topological polar surface area (TPSA) is 85.2 Å². The van der Waals surface area contributed by atoms with E-state index >= 15 is 0 Å². The molecule has 0 radical (unpaired) electrons. The Morgan fingerprint density at radius 3 is 2.59 bits per heavy atom. The molecule has 3 N–H and O–H groups in total. The fraction of sp³-hybridized carbons (Fsp3) is 0.333. The molecule has 0 heterocycles. The minimum absolute atomic E-state index is 0.138. The molecule has 1 rings (SSSR count). The molecule has 0 aliphatic heterocycles. The summed E-state index contributed by atoms with van der Waals surface area (Å²) in [6, 6.07) is 8.34. The Bertz CT molecular complexity index is 395. The first-order valence-electron chi connectivity index (χ1n) is 5.42. The van der Waals surface area contributed by atoms with Crippen LogP contribution in [0.1, 0.15) is 18.4 Å². The lowest BCUT2D eigenvalue weighted by atomic mass is 10.2. The van der Waals surface area contributed by atoms with Crippen molar-refractivity contribution in [2.45, 2.75) is 12.8 Å². The predicted octanol–water partition coefficient (Wildman–Crippen LogP) is 1.45. The van der Waals surface area contributed by atoms with E-state index in [0.29, 0.717) is 24.2 Å². The van der Waals surface area contributed by atoms with Gasteiger partial charge in [-0.15, -0.1) is 0 Å². The number of benzene rings is 1. The molecule has 0 fully saturated rings. The number of anilines is 1. The Labute approximate surface area is 100 Å². The minimum Gasteiger partial charge on any atom is -0.396 e. The van der Waals surface area contributed by atoms with Crippen molar-refractivity contribution in [2.24, 2.45) is 0 Å². The summed E-state index contributed by atoms with van der Waals surface area (Å²) in [5.74, 6) is 0. The molecule has 0 spiro atoms. The maximum atomic E-state index is 11.4. The van der Waals surface area contributed by atoms with Crippen molar-refractivity contribution in [1.29, 1.82) is 5.26 Å². The van der Waals surface area contributed by atoms with Gasteiger partial charge in [-0.1, -0.05) is 0 Å². The van der Waals surface area contributed by atoms with Crippen molar-refractivity contribution < 1.29 is 9.90 Å². The second-order valence-electron chi connectivity index (χ2n) is 3.50. The molecule has 17 heavy (non-hydrogen) atoms. The third-order valence-corrected chi connectivity index (χ3v) is 2.14. The molecule has 5 nitrogen and oxygen atoms in total. The second-order valence-corrected chi connectivity index (χ2v) is 3.50. The molecule has 2 amide bonds. The number of amides is 2. The van der Waals surface area contributed by atoms with Crippen molar-refractivity contribution in [3.8, 4) is 6.07 Å². The van der Waals surface area contributed by atoms with Crippen LogP contribution in [0.2, 0.25) is 0 Å². The Hall–Kier alpha value is -2.06. The van der Waals surface area contributed by atoms with Gasteiger partial charge in [-0.2, -0.15) is 5.26 Å². The van der Waals surface area contributed by atoms with Crippen LogP contribution in [0.5, 0.6) is 0 Å². The smallest absolute Gasteiger partial charge is 0.319 e. The quantitative estimate of drug-likeness (QED) is 0.673. The van der Waals surface area contributed by atoms with Gasteiger partial charge in [-0.05, 0) is 37.1 Å². The largest absolute Gasteiger partial charge is 0.396 e. The highest BCUT2D eigenvalue weighted by Gasteiger charge is 2.00. The summed E-state index contributed by atoms with van der Waals surface area (Å²) in [6.07, 6.45) is 1.43. The number of nitriles is 1. The lowest BCUT2D eigenvalue weighted by molar-refractivity contribution is 0.250. The van der Waals surface area contributed by atoms with E-state index in [-0.39, 0.29) is 12.6 Å². The number of aliphatic hydroxyl groups is 1. The summed E-state index contributed by atoms with van der Waals surface area (Å²) >= 11 is 0. The van der Waals surface area contributed by atoms with Crippen molar-refractivity contribution in [2.75, 3.05) is 18.5 Å². The van der Waals surface area contributed by atoms with Gasteiger partial charge in [0.25, 0.3) is 0 Å². The highest BCUT2D eigenvalue weighted by Crippen LogP contribution is 2.08. The average Bonchev–Trinajstić information content (AvgIpc) is 2.36. The van der Waals surface area contributed by atoms with Crippen molar-refractivity contribution in [3.63, 3.8) is 0 Å². The third-order valence-electron chi connectivity index (χ3n) is 2.14. The van der Waals surface area contributed by atoms with Gasteiger partial charge < -0.3 is 15.7 Å². The van der Waals surface area contributed by atoms with Gasteiger partial charge >= 0.3 is 6.03 Å². The second kappa shape index (κ2) is 7.25. The van der Waals surface area contributed by atoms with E-state index in [9.17, 15) is 4.79 Å². The molecule has 0 saturated carbocycles. The van der Waals surface area contributed by atoms with E-state index in [0.717, 1.165) is 6.42 Å². The molecule has 0 bridgehead atoms. The predicted molar refractivity (Wildman–Crippen MR) is 64.5 cm³/mol. The van der Waals surface area contributed by atoms with Gasteiger partial charge in [0.05, 0.1) is 11.6 Å². The number of rotatable bonds is 5. The molecular formula is C12H15N3O2. The molecule has 5 heteroatoms. The van der Waals surface area contributed by atoms with Crippen LogP contribution in [0.3, 0.4) is 0 Å². The highest BCUT2D eigenvalue weighted by atomic mass is 16.3. The fourth-order valence-electron chi connectivity index (χ4n) is 1.24. The number of urea groups is 1. The first-order valence-corrected chi connectivity index (χ1v) is 5.42. The normalized spacial score (nSPS) is 9.41. The van der Waals surface area contributed by atoms with Crippen molar-refractivity contribution >= 4 is 11.7 Å². The standard InChI is InChI=1S/C12H15N3O2/c13-9-10-3-5-11(6-4-10)15-12(17)14-7-1-2-8-16/h3-6,16H,1-2,7-8H2,(H2,14,15,17). The summed E-state index contributed by atoms with van der Waals surface area (Å²) in [5.41, 5.74) is 1.20. The van der Waals surface area contributed by atoms with Gasteiger partial charge in [-0.25, -0.2) is 4.79 Å². The number of aliphatic hydroxyl groups excluding tert-OH is 1. The summed E-state index contributed by atoms with van der Waals surface area (Å²) in [6.45, 7) is 0.668. The van der Waals surface area contributed by atoms with Crippen LogP contribution in [0, 0.1) is 11.3 Å². The van der Waals surface area contributed by atoms with Gasteiger partial charge in [0.2, 0.25) is 0 Å². The summed E-state index contributed by atoms with van der Waals surface area (Å²) in [5, 5.41) is 22.5. The lowest BCUT2D eigenvalue weighted by Crippen LogP contribution is -2.29. The van der Waals surface area contributed by atoms with Crippen molar-refractivity contribution in [1.82, 2.24) is 5.32 Å². The molecule has 0 aliphatic rings. The number of carbonyl (C=O) groups excluding carboxylic acids is 1. The summed E-state index contributed by atoms with van der Waals surface area (Å²) in [7, 11) is 0. The van der Waals surface area contributed by atoms with Crippen LogP contribution >= 0.6 is 0 Å². The molecule has 1 aromatic carbocycles. The minimum atomic E-state index is -0.285. The molecule has 1 aromatic rings. The Morgan fingerprint density at radius 2 is 2.00 bits per heavy atom. The molecule has 0 atom stereocenters. The number of unbranched alkanes of at least 4 members (excludes halogenated alkanes) is 1. The molecule has 0 aliphatic carbocycles. The average molecular weight is 233 g/mol. The van der Waals surface area contributed by atoms with Gasteiger partial charge in [-0.3, -0.25) is 0 Å². The van der Waals surface area contributed by atoms with Crippen LogP contribution in [-0.2, 0) is 0 Å². The molecular weight excluding hydrogens is 218 g/mol. The Morgan fingerprint density at radius 1 is 1.29 bits per heavy atom. The molecule has 0 unspecified atom stereocenters. The third kappa shape index (κ3) is 5.00. The van der Waals surface area contributed by atoms with Crippen LogP contribution in [0.15, 0.2) is 24.3 Å². The van der Waals surface area contributed by atoms with Gasteiger partial charge in [0.1, 0.15) is 0 Å². The van der Waals surface area contributed by atoms with Crippen LogP contribution in [-0.4, -0.2) is 24.3 Å². The van der Waals surface area contributed by atoms with E-state index in [1.165, 1.54) is 0 Å². The number of hydrogen-bond donors (Lipinski definition) is 3. The van der Waals surface area contributed by atoms with Crippen LogP contribution in [0.4, 0.5) is 10.5 Å². The van der Waals surface area contributed by atoms with Crippen molar-refractivity contribution in [3.05, 3.63) is 29.8 Å². The zero-order chi connectivity index (χ0) is 12.5. The highest BCUT2D eigenvalue weighted by molar-refractivity contribution is 5.89. The van der Waals surface area contributed by atoms with E-state index in [1.807, 2.05) is 6.07 Å². The first kappa shape index (κ1) is 13.0. The fourth-order valence-corrected chi connectivity index (χ4v) is 1.24. The van der Waals surface area contributed by atoms with Gasteiger partial charge in [0, 0.05) is 18.8 Å². The summed E-state index contributed by atoms with van der Waals surface area (Å²) in [4.78, 5) is 11.4. The van der Waals surface area contributed by atoms with E-state index in [1.54, 1.807) is 24.3 Å². The maximum Gasteiger partial charge on any atom is 0.319 e. The molecule has 0 saturated heterocycles. The number of carbonyl (C=O) groups is 1. The van der Waals surface area contributed by atoms with E-state index < -0.39 is 0 Å². The monoisotopic (exact) mass is 233 g/mol. The van der Waals surface area contributed by atoms with Crippen LogP contribution < -0.4 is 10.6 Å². The zero-order valence-corrected chi connectivity index (χ0v) is 9.44. The SMILES string of the molecule is N#Cc1ccc(NC(=O)NCCCCO)cc1. The van der Waals surface area contributed by atoms with E-state index in [2.05, 4.69) is 10.6 Å². The maximum absolute atomic E-state index is 11.4. The molecule has 90 valence electrons. The number of hydrogen-bond acceptors (Lipinski definition) is 3.